The zero-order chi connectivity index (χ0) is 16.4. The van der Waals surface area contributed by atoms with Gasteiger partial charge in [0.25, 0.3) is 5.69 Å². The molecule has 0 aromatic heterocycles. The number of nitrogens with two attached hydrogens (primary N) is 1. The van der Waals surface area contributed by atoms with E-state index in [0.717, 1.165) is 15.7 Å². The predicted molar refractivity (Wildman–Crippen MR) is 91.7 cm³/mol. The van der Waals surface area contributed by atoms with Crippen LogP contribution in [-0.4, -0.2) is 22.5 Å². The van der Waals surface area contributed by atoms with Gasteiger partial charge < -0.3 is 10.6 Å². The van der Waals surface area contributed by atoms with Crippen LogP contribution in [0.15, 0.2) is 58.1 Å². The van der Waals surface area contributed by atoms with Crippen molar-refractivity contribution in [1.29, 1.82) is 0 Å². The molecule has 1 aliphatic heterocycles. The van der Waals surface area contributed by atoms with E-state index in [1.54, 1.807) is 17.1 Å². The summed E-state index contributed by atoms with van der Waals surface area (Å²) in [4.78, 5) is 12.2. The second-order valence-corrected chi connectivity index (χ2v) is 6.01. The molecular weight excluding hydrogens is 362 g/mol. The summed E-state index contributed by atoms with van der Waals surface area (Å²) in [6.45, 7) is 1.14. The summed E-state index contributed by atoms with van der Waals surface area (Å²) in [5.74, 6) is 0.422. The van der Waals surface area contributed by atoms with Gasteiger partial charge in [-0.3, -0.25) is 10.1 Å². The van der Waals surface area contributed by atoms with Crippen molar-refractivity contribution in [2.75, 3.05) is 11.7 Å². The van der Waals surface area contributed by atoms with Gasteiger partial charge in [-0.1, -0.05) is 28.1 Å². The lowest BCUT2D eigenvalue weighted by Crippen LogP contribution is -2.34. The van der Waals surface area contributed by atoms with Crippen LogP contribution in [0.2, 0.25) is 0 Å². The standard InChI is InChI=1S/C15H14BrN5O2/c16-12-3-1-11(2-4-12)9-19-10-20(18-15(19)17)13-5-7-14(8-6-13)21(22)23/h1-8H,9-10H2,(H2,17,18). The highest BCUT2D eigenvalue weighted by Gasteiger charge is 2.22. The fourth-order valence-electron chi connectivity index (χ4n) is 2.28. The number of hydrazone groups is 1. The summed E-state index contributed by atoms with van der Waals surface area (Å²) in [5.41, 5.74) is 7.91. The fraction of sp³-hybridized carbons (Fsp3) is 0.133. The van der Waals surface area contributed by atoms with Crippen molar-refractivity contribution in [2.45, 2.75) is 6.54 Å². The highest BCUT2D eigenvalue weighted by molar-refractivity contribution is 9.10. The topological polar surface area (TPSA) is 88.0 Å². The number of rotatable bonds is 4. The van der Waals surface area contributed by atoms with Crippen molar-refractivity contribution in [2.24, 2.45) is 10.8 Å². The highest BCUT2D eigenvalue weighted by atomic mass is 79.9. The van der Waals surface area contributed by atoms with E-state index >= 15 is 0 Å². The van der Waals surface area contributed by atoms with Crippen molar-refractivity contribution in [3.8, 4) is 0 Å². The van der Waals surface area contributed by atoms with Gasteiger partial charge in [0.15, 0.2) is 0 Å². The monoisotopic (exact) mass is 375 g/mol. The molecule has 0 radical (unpaired) electrons. The number of anilines is 1. The van der Waals surface area contributed by atoms with Crippen LogP contribution in [0.1, 0.15) is 5.56 Å². The van der Waals surface area contributed by atoms with Crippen molar-refractivity contribution < 1.29 is 4.92 Å². The van der Waals surface area contributed by atoms with Gasteiger partial charge in [-0.25, -0.2) is 5.01 Å². The van der Waals surface area contributed by atoms with Gasteiger partial charge in [0, 0.05) is 23.2 Å². The molecule has 2 aromatic carbocycles. The maximum Gasteiger partial charge on any atom is 0.269 e. The number of nitrogens with zero attached hydrogens (tertiary/aromatic N) is 4. The van der Waals surface area contributed by atoms with Crippen LogP contribution in [0.3, 0.4) is 0 Å². The Kier molecular flexibility index (Phi) is 4.16. The molecule has 0 bridgehead atoms. The zero-order valence-electron chi connectivity index (χ0n) is 12.1. The SMILES string of the molecule is NC1=NN(c2ccc([N+](=O)[O-])cc2)CN1Cc1ccc(Br)cc1. The molecule has 23 heavy (non-hydrogen) atoms. The summed E-state index contributed by atoms with van der Waals surface area (Å²) >= 11 is 3.41. The second kappa shape index (κ2) is 6.25. The van der Waals surface area contributed by atoms with Crippen LogP contribution in [0.25, 0.3) is 0 Å². The third-order valence-corrected chi connectivity index (χ3v) is 4.03. The van der Waals surface area contributed by atoms with Gasteiger partial charge in [-0.2, -0.15) is 0 Å². The molecule has 118 valence electrons. The van der Waals surface area contributed by atoms with Crippen molar-refractivity contribution >= 4 is 33.3 Å². The Morgan fingerprint density at radius 2 is 1.83 bits per heavy atom. The number of halogens is 1. The third kappa shape index (κ3) is 3.42. The summed E-state index contributed by atoms with van der Waals surface area (Å²) in [5, 5.41) is 16.7. The van der Waals surface area contributed by atoms with Gasteiger partial charge in [-0.15, -0.1) is 5.10 Å². The minimum atomic E-state index is -0.425. The number of nitro groups is 1. The first kappa shape index (κ1) is 15.3. The van der Waals surface area contributed by atoms with Crippen LogP contribution in [0.5, 0.6) is 0 Å². The van der Waals surface area contributed by atoms with Crippen molar-refractivity contribution in [1.82, 2.24) is 4.90 Å². The largest absolute Gasteiger partial charge is 0.368 e. The van der Waals surface area contributed by atoms with E-state index in [-0.39, 0.29) is 5.69 Å². The Hall–Kier alpha value is -2.61. The first-order chi connectivity index (χ1) is 11.0. The molecule has 0 fully saturated rings. The average Bonchev–Trinajstić information content (AvgIpc) is 2.91. The molecule has 3 rings (SSSR count). The van der Waals surface area contributed by atoms with Crippen LogP contribution >= 0.6 is 15.9 Å². The van der Waals surface area contributed by atoms with E-state index in [1.165, 1.54) is 12.1 Å². The first-order valence-corrected chi connectivity index (χ1v) is 7.68. The molecule has 8 heteroatoms. The van der Waals surface area contributed by atoms with Crippen molar-refractivity contribution in [3.63, 3.8) is 0 Å². The number of hydrogen-bond acceptors (Lipinski definition) is 6. The fourth-order valence-corrected chi connectivity index (χ4v) is 2.54. The molecule has 0 atom stereocenters. The molecule has 0 spiro atoms. The first-order valence-electron chi connectivity index (χ1n) is 6.88. The molecule has 1 aliphatic rings. The van der Waals surface area contributed by atoms with Gasteiger partial charge in [0.1, 0.15) is 6.67 Å². The van der Waals surface area contributed by atoms with E-state index in [1.807, 2.05) is 29.2 Å². The molecule has 0 aliphatic carbocycles. The lowest BCUT2D eigenvalue weighted by molar-refractivity contribution is -0.384. The smallest absolute Gasteiger partial charge is 0.269 e. The Balaban J connectivity index is 1.70. The Bertz CT molecular complexity index is 745. The van der Waals surface area contributed by atoms with E-state index in [0.29, 0.717) is 19.2 Å². The summed E-state index contributed by atoms with van der Waals surface area (Å²) in [6.07, 6.45) is 0. The van der Waals surface area contributed by atoms with Gasteiger partial charge >= 0.3 is 0 Å². The normalized spacial score (nSPS) is 14.0. The molecule has 1 heterocycles. The summed E-state index contributed by atoms with van der Waals surface area (Å²) in [7, 11) is 0. The van der Waals surface area contributed by atoms with Gasteiger partial charge in [0.05, 0.1) is 10.6 Å². The Labute approximate surface area is 141 Å². The van der Waals surface area contributed by atoms with Crippen LogP contribution in [0.4, 0.5) is 11.4 Å². The molecule has 7 nitrogen and oxygen atoms in total. The zero-order valence-corrected chi connectivity index (χ0v) is 13.7. The summed E-state index contributed by atoms with van der Waals surface area (Å²) in [6, 6.07) is 14.2. The maximum atomic E-state index is 10.7. The molecule has 0 unspecified atom stereocenters. The second-order valence-electron chi connectivity index (χ2n) is 5.10. The van der Waals surface area contributed by atoms with Crippen LogP contribution < -0.4 is 10.7 Å². The van der Waals surface area contributed by atoms with Crippen LogP contribution in [-0.2, 0) is 6.54 Å². The molecule has 0 amide bonds. The lowest BCUT2D eigenvalue weighted by atomic mass is 10.2. The number of benzene rings is 2. The molecular formula is C15H14BrN5O2. The van der Waals surface area contributed by atoms with Gasteiger partial charge in [-0.05, 0) is 29.8 Å². The van der Waals surface area contributed by atoms with E-state index in [4.69, 9.17) is 5.73 Å². The van der Waals surface area contributed by atoms with Crippen LogP contribution in [0, 0.1) is 10.1 Å². The molecule has 0 saturated heterocycles. The minimum absolute atomic E-state index is 0.0524. The highest BCUT2D eigenvalue weighted by Crippen LogP contribution is 2.23. The predicted octanol–water partition coefficient (Wildman–Crippen LogP) is 2.87. The summed E-state index contributed by atoms with van der Waals surface area (Å²) < 4.78 is 1.02. The molecule has 0 saturated carbocycles. The quantitative estimate of drug-likeness (QED) is 0.655. The maximum absolute atomic E-state index is 10.7. The lowest BCUT2D eigenvalue weighted by Gasteiger charge is -2.20. The number of guanidine groups is 1. The Morgan fingerprint density at radius 3 is 2.43 bits per heavy atom. The van der Waals surface area contributed by atoms with Gasteiger partial charge in [0.2, 0.25) is 5.96 Å². The van der Waals surface area contributed by atoms with E-state index in [2.05, 4.69) is 21.0 Å². The number of nitro benzene ring substituents is 1. The average molecular weight is 376 g/mol. The molecule has 2 N–H and O–H groups in total. The van der Waals surface area contributed by atoms with E-state index < -0.39 is 4.92 Å². The minimum Gasteiger partial charge on any atom is -0.368 e. The van der Waals surface area contributed by atoms with Crippen molar-refractivity contribution in [3.05, 3.63) is 68.7 Å². The number of hydrogen-bond donors (Lipinski definition) is 1. The molecule has 2 aromatic rings. The third-order valence-electron chi connectivity index (χ3n) is 3.50. The van der Waals surface area contributed by atoms with E-state index in [9.17, 15) is 10.1 Å². The Morgan fingerprint density at radius 1 is 1.17 bits per heavy atom. The number of non-ortho nitro benzene ring substituents is 1.